The van der Waals surface area contributed by atoms with Crippen LogP contribution >= 0.6 is 0 Å². The topological polar surface area (TPSA) is 77.3 Å². The lowest BCUT2D eigenvalue weighted by Gasteiger charge is -2.10. The molecule has 6 nitrogen and oxygen atoms in total. The zero-order valence-electron chi connectivity index (χ0n) is 12.4. The molecule has 0 unspecified atom stereocenters. The summed E-state index contributed by atoms with van der Waals surface area (Å²) in [5.41, 5.74) is -0.616. The highest BCUT2D eigenvalue weighted by Gasteiger charge is 2.21. The molecule has 2 rings (SSSR count). The molecule has 9 heteroatoms. The quantitative estimate of drug-likeness (QED) is 0.822. The third kappa shape index (κ3) is 4.07. The van der Waals surface area contributed by atoms with Gasteiger partial charge in [-0.3, -0.25) is 4.79 Å². The van der Waals surface area contributed by atoms with Crippen LogP contribution in [0.3, 0.4) is 0 Å². The Hall–Kier alpha value is -2.42. The van der Waals surface area contributed by atoms with Crippen LogP contribution in [0.2, 0.25) is 0 Å². The number of hydrogen-bond donors (Lipinski definition) is 1. The highest BCUT2D eigenvalue weighted by molar-refractivity contribution is 5.94. The predicted molar refractivity (Wildman–Crippen MR) is 72.1 cm³/mol. The standard InChI is InChI=1S/C14H14F3N3O3/c1-7(14-19-12(20-23-14)3-4-22-2)18-13(21)8-5-10(16)11(17)6-9(8)15/h5-7H,3-4H2,1-2H3,(H,18,21)/t7-/m1/s1. The van der Waals surface area contributed by atoms with Crippen LogP contribution in [-0.4, -0.2) is 29.8 Å². The maximum absolute atomic E-state index is 13.5. The summed E-state index contributed by atoms with van der Waals surface area (Å²) in [6.07, 6.45) is 0.429. The second-order valence-electron chi connectivity index (χ2n) is 4.73. The molecule has 1 aromatic heterocycles. The van der Waals surface area contributed by atoms with Crippen LogP contribution in [0.15, 0.2) is 16.7 Å². The van der Waals surface area contributed by atoms with Crippen LogP contribution in [0, 0.1) is 17.5 Å². The fourth-order valence-electron chi connectivity index (χ4n) is 1.77. The molecule has 2 aromatic rings. The molecule has 0 spiro atoms. The molecule has 0 saturated heterocycles. The number of aromatic nitrogens is 2. The van der Waals surface area contributed by atoms with Crippen molar-refractivity contribution in [2.75, 3.05) is 13.7 Å². The molecule has 0 radical (unpaired) electrons. The average molecular weight is 329 g/mol. The Kier molecular flexibility index (Phi) is 5.32. The van der Waals surface area contributed by atoms with Gasteiger partial charge in [0.25, 0.3) is 5.91 Å². The van der Waals surface area contributed by atoms with E-state index in [9.17, 15) is 18.0 Å². The molecule has 0 aliphatic heterocycles. The first kappa shape index (κ1) is 16.9. The summed E-state index contributed by atoms with van der Waals surface area (Å²) in [7, 11) is 1.53. The van der Waals surface area contributed by atoms with Crippen molar-refractivity contribution in [1.29, 1.82) is 0 Å². The number of hydrogen-bond acceptors (Lipinski definition) is 5. The molecule has 1 N–H and O–H groups in total. The number of halogens is 3. The minimum atomic E-state index is -1.37. The average Bonchev–Trinajstić information content (AvgIpc) is 2.97. The van der Waals surface area contributed by atoms with E-state index in [1.165, 1.54) is 14.0 Å². The molecule has 0 aliphatic rings. The van der Waals surface area contributed by atoms with Crippen LogP contribution in [0.4, 0.5) is 13.2 Å². The minimum absolute atomic E-state index is 0.104. The molecule has 0 aliphatic carbocycles. The molecule has 0 saturated carbocycles. The van der Waals surface area contributed by atoms with E-state index >= 15 is 0 Å². The van der Waals surface area contributed by atoms with Gasteiger partial charge in [0.2, 0.25) is 5.89 Å². The van der Waals surface area contributed by atoms with Crippen molar-refractivity contribution in [2.45, 2.75) is 19.4 Å². The van der Waals surface area contributed by atoms with E-state index in [2.05, 4.69) is 15.5 Å². The monoisotopic (exact) mass is 329 g/mol. The summed E-state index contributed by atoms with van der Waals surface area (Å²) >= 11 is 0. The van der Waals surface area contributed by atoms with Gasteiger partial charge in [0.1, 0.15) is 11.9 Å². The smallest absolute Gasteiger partial charge is 0.255 e. The number of nitrogens with zero attached hydrogens (tertiary/aromatic N) is 2. The van der Waals surface area contributed by atoms with Crippen molar-refractivity contribution in [2.24, 2.45) is 0 Å². The lowest BCUT2D eigenvalue weighted by Crippen LogP contribution is -2.28. The highest BCUT2D eigenvalue weighted by Crippen LogP contribution is 2.16. The van der Waals surface area contributed by atoms with Crippen molar-refractivity contribution in [3.8, 4) is 0 Å². The van der Waals surface area contributed by atoms with Crippen LogP contribution in [0.5, 0.6) is 0 Å². The first-order valence-electron chi connectivity index (χ1n) is 6.69. The number of amides is 1. The molecule has 124 valence electrons. The summed E-state index contributed by atoms with van der Waals surface area (Å²) in [6, 6.07) is 0.0634. The Labute approximate surface area is 129 Å². The highest BCUT2D eigenvalue weighted by atomic mass is 19.2. The Morgan fingerprint density at radius 1 is 1.30 bits per heavy atom. The van der Waals surface area contributed by atoms with Crippen LogP contribution < -0.4 is 5.32 Å². The van der Waals surface area contributed by atoms with Gasteiger partial charge in [-0.2, -0.15) is 4.98 Å². The first-order chi connectivity index (χ1) is 10.9. The van der Waals surface area contributed by atoms with Crippen molar-refractivity contribution in [3.63, 3.8) is 0 Å². The Balaban J connectivity index is 2.07. The zero-order valence-corrected chi connectivity index (χ0v) is 12.4. The maximum atomic E-state index is 13.5. The summed E-state index contributed by atoms with van der Waals surface area (Å²) in [5, 5.41) is 6.07. The van der Waals surface area contributed by atoms with E-state index in [1.54, 1.807) is 0 Å². The number of methoxy groups -OCH3 is 1. The van der Waals surface area contributed by atoms with E-state index in [1.807, 2.05) is 0 Å². The second-order valence-corrected chi connectivity index (χ2v) is 4.73. The van der Waals surface area contributed by atoms with E-state index in [0.717, 1.165) is 0 Å². The number of rotatable bonds is 6. The van der Waals surface area contributed by atoms with Crippen molar-refractivity contribution in [1.82, 2.24) is 15.5 Å². The Morgan fingerprint density at radius 2 is 2.00 bits per heavy atom. The van der Waals surface area contributed by atoms with E-state index in [4.69, 9.17) is 9.26 Å². The molecule has 0 bridgehead atoms. The minimum Gasteiger partial charge on any atom is -0.384 e. The van der Waals surface area contributed by atoms with Gasteiger partial charge in [0.15, 0.2) is 17.5 Å². The summed E-state index contributed by atoms with van der Waals surface area (Å²) in [6.45, 7) is 1.93. The van der Waals surface area contributed by atoms with Crippen molar-refractivity contribution >= 4 is 5.91 Å². The zero-order chi connectivity index (χ0) is 17.0. The molecule has 23 heavy (non-hydrogen) atoms. The SMILES string of the molecule is COCCc1noc([C@@H](C)NC(=O)c2cc(F)c(F)cc2F)n1. The lowest BCUT2D eigenvalue weighted by atomic mass is 10.1. The van der Waals surface area contributed by atoms with Gasteiger partial charge in [-0.05, 0) is 13.0 Å². The normalized spacial score (nSPS) is 12.2. The number of carbonyl (C=O) groups excluding carboxylic acids is 1. The fraction of sp³-hybridized carbons (Fsp3) is 0.357. The van der Waals surface area contributed by atoms with E-state index in [-0.39, 0.29) is 5.89 Å². The van der Waals surface area contributed by atoms with Gasteiger partial charge < -0.3 is 14.6 Å². The molecular weight excluding hydrogens is 315 g/mol. The van der Waals surface area contributed by atoms with Gasteiger partial charge in [-0.1, -0.05) is 5.16 Å². The number of ether oxygens (including phenoxy) is 1. The van der Waals surface area contributed by atoms with Crippen molar-refractivity contribution in [3.05, 3.63) is 46.9 Å². The second kappa shape index (κ2) is 7.23. The number of carbonyl (C=O) groups is 1. The molecule has 1 heterocycles. The summed E-state index contributed by atoms with van der Waals surface area (Å²) in [5.74, 6) is -4.28. The third-order valence-corrected chi connectivity index (χ3v) is 2.99. The van der Waals surface area contributed by atoms with Crippen molar-refractivity contribution < 1.29 is 27.2 Å². The van der Waals surface area contributed by atoms with E-state index in [0.29, 0.717) is 31.0 Å². The van der Waals surface area contributed by atoms with Gasteiger partial charge in [-0.15, -0.1) is 0 Å². The fourth-order valence-corrected chi connectivity index (χ4v) is 1.77. The van der Waals surface area contributed by atoms with Gasteiger partial charge >= 0.3 is 0 Å². The number of benzene rings is 1. The van der Waals surface area contributed by atoms with Crippen LogP contribution in [0.1, 0.15) is 35.0 Å². The Bertz CT molecular complexity index is 706. The molecule has 1 aromatic carbocycles. The summed E-state index contributed by atoms with van der Waals surface area (Å²) < 4.78 is 49.4. The molecule has 0 fully saturated rings. The predicted octanol–water partition coefficient (Wildman–Crippen LogP) is 2.17. The molecular formula is C14H14F3N3O3. The Morgan fingerprint density at radius 3 is 2.70 bits per heavy atom. The van der Waals surface area contributed by atoms with Gasteiger partial charge in [-0.25, -0.2) is 13.2 Å². The molecule has 1 amide bonds. The van der Waals surface area contributed by atoms with Crippen LogP contribution in [0.25, 0.3) is 0 Å². The van der Waals surface area contributed by atoms with Gasteiger partial charge in [0.05, 0.1) is 12.2 Å². The first-order valence-corrected chi connectivity index (χ1v) is 6.69. The maximum Gasteiger partial charge on any atom is 0.255 e. The largest absolute Gasteiger partial charge is 0.384 e. The molecule has 1 atom stereocenters. The van der Waals surface area contributed by atoms with E-state index < -0.39 is 35.0 Å². The summed E-state index contributed by atoms with van der Waals surface area (Å²) in [4.78, 5) is 16.0. The van der Waals surface area contributed by atoms with Crippen LogP contribution in [-0.2, 0) is 11.2 Å². The number of nitrogens with one attached hydrogen (secondary N) is 1. The lowest BCUT2D eigenvalue weighted by molar-refractivity contribution is 0.0927. The van der Waals surface area contributed by atoms with Gasteiger partial charge in [0, 0.05) is 19.6 Å². The third-order valence-electron chi connectivity index (χ3n) is 2.99.